The van der Waals surface area contributed by atoms with E-state index in [9.17, 15) is 0 Å². The van der Waals surface area contributed by atoms with Crippen LogP contribution in [-0.4, -0.2) is 27.1 Å². The summed E-state index contributed by atoms with van der Waals surface area (Å²) in [6.07, 6.45) is -0.287. The third-order valence-corrected chi connectivity index (χ3v) is 5.06. The summed E-state index contributed by atoms with van der Waals surface area (Å²) in [6.45, 7) is 3.64. The van der Waals surface area contributed by atoms with Crippen molar-refractivity contribution in [3.63, 3.8) is 0 Å². The van der Waals surface area contributed by atoms with Gasteiger partial charge in [0, 0.05) is 26.8 Å². The zero-order valence-electron chi connectivity index (χ0n) is 18.4. The smallest absolute Gasteiger partial charge is 0.169 e. The molecule has 0 amide bonds. The number of methoxy groups -OCH3 is 2. The third-order valence-electron chi connectivity index (χ3n) is 5.06. The van der Waals surface area contributed by atoms with E-state index in [2.05, 4.69) is 18.3 Å². The van der Waals surface area contributed by atoms with E-state index in [1.165, 1.54) is 0 Å². The zero-order chi connectivity index (χ0) is 21.9. The molecule has 0 radical (unpaired) electrons. The highest BCUT2D eigenvalue weighted by atomic mass is 16.7. The van der Waals surface area contributed by atoms with Crippen LogP contribution in [0.1, 0.15) is 29.7 Å². The van der Waals surface area contributed by atoms with Crippen molar-refractivity contribution in [1.82, 2.24) is 5.32 Å². The van der Waals surface area contributed by atoms with Gasteiger partial charge >= 0.3 is 0 Å². The number of hydrogen-bond acceptors (Lipinski definition) is 5. The Balaban J connectivity index is 1.73. The Bertz CT molecular complexity index is 898. The largest absolute Gasteiger partial charge is 0.485 e. The molecule has 3 aromatic rings. The first kappa shape index (κ1) is 22.8. The van der Waals surface area contributed by atoms with E-state index in [1.807, 2.05) is 72.8 Å². The average Bonchev–Trinajstić information content (AvgIpc) is 2.83. The summed E-state index contributed by atoms with van der Waals surface area (Å²) in [7, 11) is 3.27. The molecule has 0 aromatic heterocycles. The minimum atomic E-state index is -0.287. The van der Waals surface area contributed by atoms with Crippen molar-refractivity contribution in [3.05, 3.63) is 95.6 Å². The lowest BCUT2D eigenvalue weighted by Gasteiger charge is -2.20. The van der Waals surface area contributed by atoms with Crippen molar-refractivity contribution in [1.29, 1.82) is 0 Å². The first-order valence-corrected chi connectivity index (χ1v) is 10.5. The summed E-state index contributed by atoms with van der Waals surface area (Å²) in [5.74, 6) is 1.45. The Kier molecular flexibility index (Phi) is 8.91. The lowest BCUT2D eigenvalue weighted by atomic mass is 10.1. The van der Waals surface area contributed by atoms with Crippen molar-refractivity contribution in [2.45, 2.75) is 32.5 Å². The molecule has 0 saturated carbocycles. The molecule has 0 spiro atoms. The lowest BCUT2D eigenvalue weighted by molar-refractivity contribution is -0.0997. The van der Waals surface area contributed by atoms with Gasteiger partial charge in [-0.05, 0) is 35.7 Å². The maximum Gasteiger partial charge on any atom is 0.169 e. The van der Waals surface area contributed by atoms with Crippen molar-refractivity contribution < 1.29 is 18.9 Å². The highest BCUT2D eigenvalue weighted by Crippen LogP contribution is 2.32. The van der Waals surface area contributed by atoms with Crippen LogP contribution in [0, 0.1) is 0 Å². The molecule has 1 atom stereocenters. The first-order chi connectivity index (χ1) is 15.2. The van der Waals surface area contributed by atoms with E-state index in [0.29, 0.717) is 19.8 Å². The minimum Gasteiger partial charge on any atom is -0.485 e. The molecule has 31 heavy (non-hydrogen) atoms. The fourth-order valence-electron chi connectivity index (χ4n) is 3.15. The van der Waals surface area contributed by atoms with Crippen LogP contribution in [0.3, 0.4) is 0 Å². The Morgan fingerprint density at radius 3 is 1.81 bits per heavy atom. The van der Waals surface area contributed by atoms with Crippen LogP contribution in [0.2, 0.25) is 0 Å². The molecule has 3 rings (SSSR count). The van der Waals surface area contributed by atoms with Crippen LogP contribution in [0.5, 0.6) is 11.5 Å². The van der Waals surface area contributed by atoms with Gasteiger partial charge in [0.1, 0.15) is 13.2 Å². The van der Waals surface area contributed by atoms with Gasteiger partial charge < -0.3 is 24.3 Å². The zero-order valence-corrected chi connectivity index (χ0v) is 18.4. The van der Waals surface area contributed by atoms with Gasteiger partial charge in [-0.1, -0.05) is 66.7 Å². The van der Waals surface area contributed by atoms with E-state index in [1.54, 1.807) is 14.2 Å². The Morgan fingerprint density at radius 1 is 0.710 bits per heavy atom. The van der Waals surface area contributed by atoms with E-state index in [4.69, 9.17) is 18.9 Å². The fourth-order valence-corrected chi connectivity index (χ4v) is 3.15. The molecule has 0 aliphatic heterocycles. The van der Waals surface area contributed by atoms with Gasteiger partial charge in [0.25, 0.3) is 0 Å². The van der Waals surface area contributed by atoms with Gasteiger partial charge in [-0.15, -0.1) is 0 Å². The number of rotatable bonds is 12. The van der Waals surface area contributed by atoms with Gasteiger partial charge in [0.15, 0.2) is 17.8 Å². The Labute approximate surface area is 184 Å². The molecule has 0 bridgehead atoms. The molecular formula is C26H31NO4. The normalized spacial score (nSPS) is 12.0. The van der Waals surface area contributed by atoms with Gasteiger partial charge in [-0.25, -0.2) is 0 Å². The SMILES string of the molecule is COC(CNC(C)c1ccc(OCc2ccccc2)c(OCc2ccccc2)c1)OC. The van der Waals surface area contributed by atoms with Crippen LogP contribution in [0.15, 0.2) is 78.9 Å². The number of nitrogens with one attached hydrogen (secondary N) is 1. The third kappa shape index (κ3) is 7.10. The quantitative estimate of drug-likeness (QED) is 0.412. The van der Waals surface area contributed by atoms with Gasteiger partial charge in [-0.2, -0.15) is 0 Å². The minimum absolute atomic E-state index is 0.0926. The van der Waals surface area contributed by atoms with Crippen LogP contribution in [0.25, 0.3) is 0 Å². The molecule has 1 unspecified atom stereocenters. The van der Waals surface area contributed by atoms with Crippen molar-refractivity contribution >= 4 is 0 Å². The highest BCUT2D eigenvalue weighted by Gasteiger charge is 2.14. The average molecular weight is 422 g/mol. The summed E-state index contributed by atoms with van der Waals surface area (Å²) in [5, 5.41) is 3.43. The second kappa shape index (κ2) is 12.1. The Hall–Kier alpha value is -2.86. The van der Waals surface area contributed by atoms with E-state index >= 15 is 0 Å². The molecule has 1 N–H and O–H groups in total. The van der Waals surface area contributed by atoms with Crippen molar-refractivity contribution in [2.24, 2.45) is 0 Å². The topological polar surface area (TPSA) is 49.0 Å². The first-order valence-electron chi connectivity index (χ1n) is 10.5. The predicted molar refractivity (Wildman–Crippen MR) is 122 cm³/mol. The number of benzene rings is 3. The van der Waals surface area contributed by atoms with Gasteiger partial charge in [-0.3, -0.25) is 0 Å². The molecule has 0 aliphatic carbocycles. The summed E-state index contributed by atoms with van der Waals surface area (Å²) in [6, 6.07) is 26.4. The molecule has 3 aromatic carbocycles. The summed E-state index contributed by atoms with van der Waals surface area (Å²) in [4.78, 5) is 0. The molecular weight excluding hydrogens is 390 g/mol. The molecule has 0 saturated heterocycles. The standard InChI is InChI=1S/C26H31NO4/c1-20(27-17-26(28-2)29-3)23-14-15-24(30-18-21-10-6-4-7-11-21)25(16-23)31-19-22-12-8-5-9-13-22/h4-16,20,26-27H,17-19H2,1-3H3. The summed E-state index contributed by atoms with van der Waals surface area (Å²) >= 11 is 0. The van der Waals surface area contributed by atoms with Crippen LogP contribution in [0.4, 0.5) is 0 Å². The Morgan fingerprint density at radius 2 is 1.26 bits per heavy atom. The van der Waals surface area contributed by atoms with E-state index in [0.717, 1.165) is 28.2 Å². The molecule has 0 aliphatic rings. The second-order valence-electron chi connectivity index (χ2n) is 7.29. The molecule has 5 nitrogen and oxygen atoms in total. The van der Waals surface area contributed by atoms with Crippen LogP contribution >= 0.6 is 0 Å². The molecule has 0 fully saturated rings. The second-order valence-corrected chi connectivity index (χ2v) is 7.29. The molecule has 164 valence electrons. The maximum absolute atomic E-state index is 6.17. The molecule has 5 heteroatoms. The number of hydrogen-bond donors (Lipinski definition) is 1. The summed E-state index contributed by atoms with van der Waals surface area (Å²) < 4.78 is 22.8. The molecule has 0 heterocycles. The maximum atomic E-state index is 6.17. The van der Waals surface area contributed by atoms with Crippen molar-refractivity contribution in [2.75, 3.05) is 20.8 Å². The van der Waals surface area contributed by atoms with Crippen molar-refractivity contribution in [3.8, 4) is 11.5 Å². The van der Waals surface area contributed by atoms with Crippen LogP contribution in [-0.2, 0) is 22.7 Å². The van der Waals surface area contributed by atoms with Gasteiger partial charge in [0.05, 0.1) is 0 Å². The predicted octanol–water partition coefficient (Wildman–Crippen LogP) is 5.11. The monoisotopic (exact) mass is 421 g/mol. The fraction of sp³-hybridized carbons (Fsp3) is 0.308. The lowest BCUT2D eigenvalue weighted by Crippen LogP contribution is -2.31. The van der Waals surface area contributed by atoms with Crippen LogP contribution < -0.4 is 14.8 Å². The highest BCUT2D eigenvalue weighted by molar-refractivity contribution is 5.44. The van der Waals surface area contributed by atoms with E-state index < -0.39 is 0 Å². The van der Waals surface area contributed by atoms with Gasteiger partial charge in [0.2, 0.25) is 0 Å². The summed E-state index contributed by atoms with van der Waals surface area (Å²) in [5.41, 5.74) is 3.32. The number of ether oxygens (including phenoxy) is 4. The van der Waals surface area contributed by atoms with E-state index in [-0.39, 0.29) is 12.3 Å².